The molecule has 0 aromatic heterocycles. The number of carbonyl (C=O) groups excluding carboxylic acids is 1. The van der Waals surface area contributed by atoms with Gasteiger partial charge in [0.1, 0.15) is 23.6 Å². The summed E-state index contributed by atoms with van der Waals surface area (Å²) in [6.45, 7) is 5.94. The number of nitrogens with one attached hydrogen (secondary N) is 2. The minimum Gasteiger partial charge on any atom is -1.00 e. The molecule has 49 heavy (non-hydrogen) atoms. The van der Waals surface area contributed by atoms with Crippen LogP contribution in [0.15, 0.2) is 66.7 Å². The van der Waals surface area contributed by atoms with Gasteiger partial charge >= 0.3 is 12.4 Å². The Bertz CT molecular complexity index is 1580. The van der Waals surface area contributed by atoms with Crippen molar-refractivity contribution in [2.75, 3.05) is 31.1 Å². The molecule has 1 saturated heterocycles. The second kappa shape index (κ2) is 16.2. The molecule has 15 heteroatoms. The smallest absolute Gasteiger partial charge is 0.416 e. The fourth-order valence-corrected chi connectivity index (χ4v) is 5.55. The first-order valence-corrected chi connectivity index (χ1v) is 15.3. The summed E-state index contributed by atoms with van der Waals surface area (Å²) in [5.74, 6) is -2.45. The van der Waals surface area contributed by atoms with Crippen LogP contribution in [0.25, 0.3) is 11.1 Å². The number of hydrogen-bond acceptors (Lipinski definition) is 4. The van der Waals surface area contributed by atoms with Crippen molar-refractivity contribution in [1.82, 2.24) is 10.6 Å². The van der Waals surface area contributed by atoms with Crippen molar-refractivity contribution in [2.45, 2.75) is 62.8 Å². The van der Waals surface area contributed by atoms with Crippen LogP contribution in [0.1, 0.15) is 43.0 Å². The zero-order valence-electron chi connectivity index (χ0n) is 26.6. The molecule has 0 unspecified atom stereocenters. The summed E-state index contributed by atoms with van der Waals surface area (Å²) in [7, 11) is 0. The summed E-state index contributed by atoms with van der Waals surface area (Å²) in [5, 5.41) is 16.2. The van der Waals surface area contributed by atoms with E-state index >= 15 is 0 Å². The lowest BCUT2D eigenvalue weighted by Crippen LogP contribution is -3.00. The van der Waals surface area contributed by atoms with Gasteiger partial charge in [0.25, 0.3) is 0 Å². The first-order valence-electron chi connectivity index (χ1n) is 15.3. The van der Waals surface area contributed by atoms with Gasteiger partial charge in [-0.25, -0.2) is 8.78 Å². The lowest BCUT2D eigenvalue weighted by Gasteiger charge is -2.30. The first kappa shape index (κ1) is 39.5. The van der Waals surface area contributed by atoms with E-state index in [-0.39, 0.29) is 29.6 Å². The molecular weight excluding hydrogens is 682 g/mol. The quantitative estimate of drug-likeness (QED) is 0.267. The largest absolute Gasteiger partial charge is 1.00 e. The molecule has 0 bridgehead atoms. The number of nitriles is 1. The minimum absolute atomic E-state index is 0. The lowest BCUT2D eigenvalue weighted by molar-refractivity contribution is -0.655. The molecule has 4 N–H and O–H groups in total. The van der Waals surface area contributed by atoms with Crippen LogP contribution in [0, 0.1) is 17.1 Å². The highest BCUT2D eigenvalue weighted by Crippen LogP contribution is 2.35. The van der Waals surface area contributed by atoms with Crippen LogP contribution >= 0.6 is 0 Å². The van der Waals surface area contributed by atoms with Gasteiger partial charge in [0.2, 0.25) is 5.91 Å². The standard InChI is InChI=1S/C34H35F8N5O.ClH/c1-32(2,36)19-29(31(48)45-26(20-43)17-24-7-10-25(18-28(24)35)33(37,38)39)46-30(34(40,41)42)23-5-3-21(4-6-23)22-8-11-27(12-9-22)47-15-13-44-14-16-47;/h3-12,18,26,29-30,44,46H,13-17,19H2,1-2H3,(H,45,48);1H/t26-,29-,30-;/m0./s1. The summed E-state index contributed by atoms with van der Waals surface area (Å²) >= 11 is 0. The predicted octanol–water partition coefficient (Wildman–Crippen LogP) is 2.85. The van der Waals surface area contributed by atoms with Crippen LogP contribution in [0.4, 0.5) is 40.8 Å². The van der Waals surface area contributed by atoms with Crippen LogP contribution in [-0.4, -0.2) is 56.0 Å². The Kier molecular flexibility index (Phi) is 13.0. The van der Waals surface area contributed by atoms with Gasteiger partial charge in [0.05, 0.1) is 43.9 Å². The van der Waals surface area contributed by atoms with E-state index in [2.05, 4.69) is 20.9 Å². The molecule has 3 aromatic carbocycles. The number of benzene rings is 3. The highest BCUT2D eigenvalue weighted by atomic mass is 35.5. The monoisotopic (exact) mass is 717 g/mol. The van der Waals surface area contributed by atoms with Crippen molar-refractivity contribution in [3.05, 3.63) is 89.2 Å². The molecule has 1 amide bonds. The Morgan fingerprint density at radius 1 is 0.918 bits per heavy atom. The summed E-state index contributed by atoms with van der Waals surface area (Å²) in [6.07, 6.45) is -11.0. The van der Waals surface area contributed by atoms with Crippen LogP contribution < -0.4 is 33.3 Å². The lowest BCUT2D eigenvalue weighted by atomic mass is 9.96. The number of halogens is 9. The molecule has 6 nitrogen and oxygen atoms in total. The van der Waals surface area contributed by atoms with Gasteiger partial charge in [-0.1, -0.05) is 42.5 Å². The second-order valence-electron chi connectivity index (χ2n) is 12.3. The van der Waals surface area contributed by atoms with Crippen LogP contribution in [0.3, 0.4) is 0 Å². The van der Waals surface area contributed by atoms with Crippen LogP contribution in [0.2, 0.25) is 0 Å². The third-order valence-electron chi connectivity index (χ3n) is 7.99. The van der Waals surface area contributed by atoms with E-state index in [0.717, 1.165) is 57.3 Å². The number of hydrogen-bond donors (Lipinski definition) is 3. The summed E-state index contributed by atoms with van der Waals surface area (Å²) in [4.78, 5) is 15.5. The molecule has 1 fully saturated rings. The SMILES string of the molecule is CC(C)(F)C[C@H](N[C@@H](c1ccc(-c2ccc(N3CC[NH2+]CC3)cc2)cc1)C(F)(F)F)C(=O)N[C@H](C#N)Cc1ccc(C(F)(F)F)cc1F.[Cl-]. The maximum atomic E-state index is 14.8. The highest BCUT2D eigenvalue weighted by Gasteiger charge is 2.44. The summed E-state index contributed by atoms with van der Waals surface area (Å²) in [6, 6.07) is 10.8. The van der Waals surface area contributed by atoms with Crippen molar-refractivity contribution in [3.63, 3.8) is 0 Å². The fourth-order valence-electron chi connectivity index (χ4n) is 5.55. The minimum atomic E-state index is -4.92. The number of carbonyl (C=O) groups is 1. The van der Waals surface area contributed by atoms with E-state index in [0.29, 0.717) is 11.6 Å². The Hall–Kier alpha value is -3.93. The maximum Gasteiger partial charge on any atom is 0.416 e. The Morgan fingerprint density at radius 2 is 1.49 bits per heavy atom. The number of nitrogens with two attached hydrogens (primary N) is 1. The number of quaternary nitrogens is 1. The molecule has 0 aliphatic carbocycles. The Labute approximate surface area is 285 Å². The Balaban J connectivity index is 0.00000650. The van der Waals surface area contributed by atoms with Gasteiger partial charge in [-0.05, 0) is 60.4 Å². The van der Waals surface area contributed by atoms with E-state index < -0.39 is 66.3 Å². The van der Waals surface area contributed by atoms with E-state index in [1.807, 2.05) is 24.3 Å². The van der Waals surface area contributed by atoms with Gasteiger partial charge in [-0.2, -0.15) is 31.6 Å². The second-order valence-corrected chi connectivity index (χ2v) is 12.3. The van der Waals surface area contributed by atoms with Crippen LogP contribution in [0.5, 0.6) is 0 Å². The predicted molar refractivity (Wildman–Crippen MR) is 164 cm³/mol. The number of rotatable bonds is 11. The zero-order chi connectivity index (χ0) is 35.3. The molecule has 1 heterocycles. The Morgan fingerprint density at radius 3 is 1.98 bits per heavy atom. The molecule has 3 aromatic rings. The molecule has 3 atom stereocenters. The van der Waals surface area contributed by atoms with Crippen molar-refractivity contribution in [2.24, 2.45) is 0 Å². The third kappa shape index (κ3) is 11.0. The molecule has 0 radical (unpaired) electrons. The summed E-state index contributed by atoms with van der Waals surface area (Å²) < 4.78 is 111. The average Bonchev–Trinajstić information content (AvgIpc) is 3.02. The van der Waals surface area contributed by atoms with Crippen molar-refractivity contribution in [1.29, 1.82) is 5.26 Å². The number of amides is 1. The summed E-state index contributed by atoms with van der Waals surface area (Å²) in [5.41, 5.74) is -1.47. The molecule has 0 spiro atoms. The average molecular weight is 718 g/mol. The van der Waals surface area contributed by atoms with Gasteiger partial charge < -0.3 is 27.9 Å². The van der Waals surface area contributed by atoms with E-state index in [9.17, 15) is 45.2 Å². The molecule has 266 valence electrons. The van der Waals surface area contributed by atoms with Gasteiger partial charge in [0.15, 0.2) is 0 Å². The van der Waals surface area contributed by atoms with E-state index in [1.54, 1.807) is 6.07 Å². The van der Waals surface area contributed by atoms with Crippen molar-refractivity contribution < 1.29 is 57.6 Å². The topological polar surface area (TPSA) is 84.8 Å². The molecular formula is C34H36ClF8N5O. The first-order chi connectivity index (χ1) is 22.4. The number of alkyl halides is 7. The highest BCUT2D eigenvalue weighted by molar-refractivity contribution is 5.82. The normalized spacial score (nSPS) is 15.8. The number of anilines is 1. The van der Waals surface area contributed by atoms with Gasteiger partial charge in [-0.3, -0.25) is 10.1 Å². The molecule has 0 saturated carbocycles. The van der Waals surface area contributed by atoms with E-state index in [1.165, 1.54) is 24.3 Å². The number of piperazine rings is 1. The van der Waals surface area contributed by atoms with Crippen LogP contribution in [-0.2, 0) is 17.4 Å². The maximum absolute atomic E-state index is 14.8. The number of nitrogens with zero attached hydrogens (tertiary/aromatic N) is 2. The van der Waals surface area contributed by atoms with Crippen molar-refractivity contribution >= 4 is 11.6 Å². The molecule has 4 rings (SSSR count). The zero-order valence-corrected chi connectivity index (χ0v) is 27.4. The van der Waals surface area contributed by atoms with Gasteiger partial charge in [0, 0.05) is 18.5 Å². The van der Waals surface area contributed by atoms with E-state index in [4.69, 9.17) is 0 Å². The fraction of sp³-hybridized carbons (Fsp3) is 0.412. The third-order valence-corrected chi connectivity index (χ3v) is 7.99. The van der Waals surface area contributed by atoms with Gasteiger partial charge in [-0.15, -0.1) is 0 Å². The van der Waals surface area contributed by atoms with Crippen molar-refractivity contribution in [3.8, 4) is 17.2 Å². The molecule has 1 aliphatic rings. The molecule has 1 aliphatic heterocycles.